The molecule has 1 aliphatic heterocycles. The predicted octanol–water partition coefficient (Wildman–Crippen LogP) is 1.07. The molecule has 2 atom stereocenters. The van der Waals surface area contributed by atoms with Crippen LogP contribution in [0.1, 0.15) is 32.6 Å². The smallest absolute Gasteiger partial charge is 0.305 e. The molecule has 0 aromatic rings. The van der Waals surface area contributed by atoms with Gasteiger partial charge in [-0.1, -0.05) is 12.8 Å². The SMILES string of the molecule is CC(=O)OC[C@H]1CO[C@H](COC(=O)CCC2CC2)CO1. The molecule has 1 saturated heterocycles. The Morgan fingerprint density at radius 2 is 1.65 bits per heavy atom. The van der Waals surface area contributed by atoms with Crippen LogP contribution in [0.4, 0.5) is 0 Å². The van der Waals surface area contributed by atoms with Gasteiger partial charge in [0, 0.05) is 13.3 Å². The minimum absolute atomic E-state index is 0.164. The maximum absolute atomic E-state index is 11.5. The molecular weight excluding hydrogens is 264 g/mol. The largest absolute Gasteiger partial charge is 0.463 e. The summed E-state index contributed by atoms with van der Waals surface area (Å²) in [6.45, 7) is 2.47. The van der Waals surface area contributed by atoms with Crippen molar-refractivity contribution >= 4 is 11.9 Å². The molecule has 1 aliphatic carbocycles. The highest BCUT2D eigenvalue weighted by Gasteiger charge is 2.25. The number of hydrogen-bond donors (Lipinski definition) is 0. The molecule has 2 fully saturated rings. The van der Waals surface area contributed by atoms with Crippen LogP contribution in [-0.2, 0) is 28.5 Å². The van der Waals surface area contributed by atoms with E-state index in [0.29, 0.717) is 19.6 Å². The van der Waals surface area contributed by atoms with Crippen LogP contribution in [0.3, 0.4) is 0 Å². The first-order chi connectivity index (χ1) is 9.63. The van der Waals surface area contributed by atoms with E-state index < -0.39 is 0 Å². The molecule has 0 unspecified atom stereocenters. The summed E-state index contributed by atoms with van der Waals surface area (Å²) in [4.78, 5) is 22.1. The second-order valence-electron chi connectivity index (χ2n) is 5.38. The molecule has 0 spiro atoms. The predicted molar refractivity (Wildman–Crippen MR) is 69.0 cm³/mol. The average Bonchev–Trinajstić information content (AvgIpc) is 3.26. The fourth-order valence-electron chi connectivity index (χ4n) is 1.97. The van der Waals surface area contributed by atoms with Crippen molar-refractivity contribution in [2.24, 2.45) is 5.92 Å². The summed E-state index contributed by atoms with van der Waals surface area (Å²) in [6.07, 6.45) is 3.46. The summed E-state index contributed by atoms with van der Waals surface area (Å²) in [7, 11) is 0. The summed E-state index contributed by atoms with van der Waals surface area (Å²) in [5, 5.41) is 0. The van der Waals surface area contributed by atoms with Crippen LogP contribution >= 0.6 is 0 Å². The van der Waals surface area contributed by atoms with Gasteiger partial charge in [-0.2, -0.15) is 0 Å². The first kappa shape index (κ1) is 15.3. The summed E-state index contributed by atoms with van der Waals surface area (Å²) in [5.41, 5.74) is 0. The van der Waals surface area contributed by atoms with E-state index in [2.05, 4.69) is 0 Å². The van der Waals surface area contributed by atoms with E-state index in [1.165, 1.54) is 19.8 Å². The molecule has 6 nitrogen and oxygen atoms in total. The van der Waals surface area contributed by atoms with Crippen LogP contribution in [0.5, 0.6) is 0 Å². The minimum atomic E-state index is -0.333. The Morgan fingerprint density at radius 3 is 2.15 bits per heavy atom. The van der Waals surface area contributed by atoms with Gasteiger partial charge < -0.3 is 18.9 Å². The van der Waals surface area contributed by atoms with E-state index in [1.807, 2.05) is 0 Å². The molecule has 1 saturated carbocycles. The molecule has 6 heteroatoms. The van der Waals surface area contributed by atoms with E-state index in [9.17, 15) is 9.59 Å². The van der Waals surface area contributed by atoms with Crippen LogP contribution < -0.4 is 0 Å². The van der Waals surface area contributed by atoms with Gasteiger partial charge in [0.25, 0.3) is 0 Å². The van der Waals surface area contributed by atoms with Gasteiger partial charge in [-0.05, 0) is 12.3 Å². The first-order valence-electron chi connectivity index (χ1n) is 7.15. The van der Waals surface area contributed by atoms with E-state index in [-0.39, 0.29) is 37.4 Å². The third-order valence-electron chi connectivity index (χ3n) is 3.39. The molecule has 0 amide bonds. The fraction of sp³-hybridized carbons (Fsp3) is 0.857. The van der Waals surface area contributed by atoms with Gasteiger partial charge in [-0.25, -0.2) is 0 Å². The van der Waals surface area contributed by atoms with E-state index in [4.69, 9.17) is 18.9 Å². The highest BCUT2D eigenvalue weighted by molar-refractivity contribution is 5.69. The lowest BCUT2D eigenvalue weighted by Gasteiger charge is -2.28. The molecule has 20 heavy (non-hydrogen) atoms. The lowest BCUT2D eigenvalue weighted by Crippen LogP contribution is -2.41. The highest BCUT2D eigenvalue weighted by Crippen LogP contribution is 2.33. The number of ether oxygens (including phenoxy) is 4. The lowest BCUT2D eigenvalue weighted by molar-refractivity contribution is -0.178. The molecule has 0 radical (unpaired) electrons. The zero-order valence-corrected chi connectivity index (χ0v) is 11.8. The summed E-state index contributed by atoms with van der Waals surface area (Å²) in [6, 6.07) is 0. The third kappa shape index (κ3) is 5.88. The standard InChI is InChI=1S/C14H22O6/c1-10(15)17-6-12-7-19-13(8-18-12)9-20-14(16)5-4-11-2-3-11/h11-13H,2-9H2,1H3/t12-,13-/m0/s1. The molecule has 2 rings (SSSR count). The van der Waals surface area contributed by atoms with Crippen molar-refractivity contribution in [3.05, 3.63) is 0 Å². The zero-order valence-electron chi connectivity index (χ0n) is 11.8. The molecule has 0 aromatic heterocycles. The van der Waals surface area contributed by atoms with E-state index in [0.717, 1.165) is 12.3 Å². The van der Waals surface area contributed by atoms with Crippen LogP contribution in [0.25, 0.3) is 0 Å². The summed E-state index contributed by atoms with van der Waals surface area (Å²) < 4.78 is 21.0. The Bertz CT molecular complexity index is 331. The topological polar surface area (TPSA) is 71.1 Å². The molecule has 1 heterocycles. The van der Waals surface area contributed by atoms with Gasteiger partial charge in [0.1, 0.15) is 25.4 Å². The van der Waals surface area contributed by atoms with Crippen LogP contribution in [-0.4, -0.2) is 50.6 Å². The Balaban J connectivity index is 1.52. The summed E-state index contributed by atoms with van der Waals surface area (Å²) >= 11 is 0. The van der Waals surface area contributed by atoms with Crippen molar-refractivity contribution in [1.29, 1.82) is 0 Å². The van der Waals surface area contributed by atoms with Crippen molar-refractivity contribution in [3.63, 3.8) is 0 Å². The molecular formula is C14H22O6. The molecule has 0 bridgehead atoms. The van der Waals surface area contributed by atoms with Crippen LogP contribution in [0.15, 0.2) is 0 Å². The van der Waals surface area contributed by atoms with Crippen molar-refractivity contribution in [2.45, 2.75) is 44.8 Å². The molecule has 114 valence electrons. The second-order valence-corrected chi connectivity index (χ2v) is 5.38. The second kappa shape index (κ2) is 7.59. The maximum atomic E-state index is 11.5. The maximum Gasteiger partial charge on any atom is 0.305 e. The average molecular weight is 286 g/mol. The Labute approximate surface area is 118 Å². The Morgan fingerprint density at radius 1 is 1.05 bits per heavy atom. The van der Waals surface area contributed by atoms with Crippen molar-refractivity contribution in [2.75, 3.05) is 26.4 Å². The van der Waals surface area contributed by atoms with Gasteiger partial charge in [0.05, 0.1) is 13.2 Å². The number of hydrogen-bond acceptors (Lipinski definition) is 6. The fourth-order valence-corrected chi connectivity index (χ4v) is 1.97. The normalized spacial score (nSPS) is 26.1. The van der Waals surface area contributed by atoms with Crippen LogP contribution in [0.2, 0.25) is 0 Å². The zero-order chi connectivity index (χ0) is 14.4. The van der Waals surface area contributed by atoms with Gasteiger partial charge in [0.2, 0.25) is 0 Å². The highest BCUT2D eigenvalue weighted by atomic mass is 16.6. The molecule has 0 N–H and O–H groups in total. The van der Waals surface area contributed by atoms with Gasteiger partial charge in [-0.15, -0.1) is 0 Å². The van der Waals surface area contributed by atoms with Gasteiger partial charge in [-0.3, -0.25) is 9.59 Å². The van der Waals surface area contributed by atoms with Gasteiger partial charge in [0.15, 0.2) is 0 Å². The van der Waals surface area contributed by atoms with Gasteiger partial charge >= 0.3 is 11.9 Å². The monoisotopic (exact) mass is 286 g/mol. The number of carbonyl (C=O) groups excluding carboxylic acids is 2. The third-order valence-corrected chi connectivity index (χ3v) is 3.39. The number of rotatable bonds is 7. The van der Waals surface area contributed by atoms with E-state index in [1.54, 1.807) is 0 Å². The Kier molecular flexibility index (Phi) is 5.79. The quantitative estimate of drug-likeness (QED) is 0.652. The van der Waals surface area contributed by atoms with E-state index >= 15 is 0 Å². The van der Waals surface area contributed by atoms with Crippen molar-refractivity contribution < 1.29 is 28.5 Å². The number of carbonyl (C=O) groups is 2. The summed E-state index contributed by atoms with van der Waals surface area (Å²) in [5.74, 6) is 0.238. The Hall–Kier alpha value is -1.14. The lowest BCUT2D eigenvalue weighted by atomic mass is 10.2. The number of esters is 2. The van der Waals surface area contributed by atoms with Crippen molar-refractivity contribution in [3.8, 4) is 0 Å². The molecule has 0 aromatic carbocycles. The van der Waals surface area contributed by atoms with Crippen LogP contribution in [0, 0.1) is 5.92 Å². The minimum Gasteiger partial charge on any atom is -0.463 e. The molecule has 2 aliphatic rings. The first-order valence-corrected chi connectivity index (χ1v) is 7.15. The van der Waals surface area contributed by atoms with Crippen molar-refractivity contribution in [1.82, 2.24) is 0 Å².